The Labute approximate surface area is 146 Å². The van der Waals surface area contributed by atoms with E-state index < -0.39 is 6.61 Å². The van der Waals surface area contributed by atoms with Gasteiger partial charge in [-0.25, -0.2) is 0 Å². The van der Waals surface area contributed by atoms with Crippen molar-refractivity contribution in [1.29, 1.82) is 0 Å². The normalized spacial score (nSPS) is 11.1. The molecule has 0 spiro atoms. The lowest BCUT2D eigenvalue weighted by Gasteiger charge is -2.11. The lowest BCUT2D eigenvalue weighted by molar-refractivity contribution is -0.0512. The summed E-state index contributed by atoms with van der Waals surface area (Å²) in [5.74, 6) is 2.09. The predicted octanol–water partition coefficient (Wildman–Crippen LogP) is 3.98. The molecule has 3 aromatic rings. The third kappa shape index (κ3) is 3.93. The second kappa shape index (κ2) is 7.56. The fourth-order valence-corrected chi connectivity index (χ4v) is 3.06. The van der Waals surface area contributed by atoms with Crippen LogP contribution < -0.4 is 9.47 Å². The van der Waals surface area contributed by atoms with E-state index in [0.29, 0.717) is 22.5 Å². The van der Waals surface area contributed by atoms with Gasteiger partial charge >= 0.3 is 6.61 Å². The molecule has 6 nitrogen and oxygen atoms in total. The first-order valence-electron chi connectivity index (χ1n) is 7.26. The van der Waals surface area contributed by atoms with Crippen LogP contribution in [0.5, 0.6) is 11.5 Å². The van der Waals surface area contributed by atoms with Crippen LogP contribution in [0.2, 0.25) is 0 Å². The molecule has 0 atom stereocenters. The first-order chi connectivity index (χ1) is 12.1. The van der Waals surface area contributed by atoms with E-state index >= 15 is 0 Å². The third-order valence-electron chi connectivity index (χ3n) is 3.39. The number of furan rings is 1. The van der Waals surface area contributed by atoms with Crippen LogP contribution in [0.3, 0.4) is 0 Å². The molecule has 0 N–H and O–H groups in total. The molecule has 3 rings (SSSR count). The number of halogens is 2. The highest BCUT2D eigenvalue weighted by Crippen LogP contribution is 2.32. The molecule has 0 fully saturated rings. The zero-order valence-corrected chi connectivity index (χ0v) is 14.3. The highest BCUT2D eigenvalue weighted by Gasteiger charge is 2.15. The number of nitrogens with zero attached hydrogens (tertiary/aromatic N) is 3. The van der Waals surface area contributed by atoms with Gasteiger partial charge in [0, 0.05) is 12.8 Å². The van der Waals surface area contributed by atoms with Crippen molar-refractivity contribution >= 4 is 11.8 Å². The smallest absolute Gasteiger partial charge is 0.387 e. The second-order valence-electron chi connectivity index (χ2n) is 4.99. The Bertz CT molecular complexity index is 837. The van der Waals surface area contributed by atoms with Crippen LogP contribution >= 0.6 is 11.8 Å². The highest BCUT2D eigenvalue weighted by atomic mass is 32.2. The minimum atomic E-state index is -2.90. The molecule has 0 unspecified atom stereocenters. The summed E-state index contributed by atoms with van der Waals surface area (Å²) < 4.78 is 41.4. The molecule has 2 heterocycles. The SMILES string of the molecule is COc1cc(CSc2nnc(-c3ccco3)n2C)ccc1OC(F)F. The van der Waals surface area contributed by atoms with E-state index in [4.69, 9.17) is 9.15 Å². The second-order valence-corrected chi connectivity index (χ2v) is 5.94. The summed E-state index contributed by atoms with van der Waals surface area (Å²) in [4.78, 5) is 0. The maximum absolute atomic E-state index is 12.4. The fourth-order valence-electron chi connectivity index (χ4n) is 2.20. The molecule has 9 heteroatoms. The Balaban J connectivity index is 1.72. The highest BCUT2D eigenvalue weighted by molar-refractivity contribution is 7.98. The molecule has 0 amide bonds. The molecule has 0 bridgehead atoms. The van der Waals surface area contributed by atoms with Crippen LogP contribution in [0, 0.1) is 0 Å². The summed E-state index contributed by atoms with van der Waals surface area (Å²) >= 11 is 1.46. The number of ether oxygens (including phenoxy) is 2. The summed E-state index contributed by atoms with van der Waals surface area (Å²) in [6.07, 6.45) is 1.58. The molecule has 25 heavy (non-hydrogen) atoms. The van der Waals surface area contributed by atoms with Crippen LogP contribution in [0.4, 0.5) is 8.78 Å². The van der Waals surface area contributed by atoms with E-state index in [-0.39, 0.29) is 11.5 Å². The van der Waals surface area contributed by atoms with E-state index in [2.05, 4.69) is 14.9 Å². The average molecular weight is 367 g/mol. The van der Waals surface area contributed by atoms with Gasteiger partial charge in [-0.05, 0) is 29.8 Å². The summed E-state index contributed by atoms with van der Waals surface area (Å²) in [6.45, 7) is -2.90. The Morgan fingerprint density at radius 3 is 2.76 bits per heavy atom. The topological polar surface area (TPSA) is 62.3 Å². The van der Waals surface area contributed by atoms with Crippen molar-refractivity contribution < 1.29 is 22.7 Å². The molecule has 0 radical (unpaired) electrons. The van der Waals surface area contributed by atoms with Gasteiger partial charge in [0.1, 0.15) is 0 Å². The number of hydrogen-bond acceptors (Lipinski definition) is 6. The number of aromatic nitrogens is 3. The number of thioether (sulfide) groups is 1. The number of rotatable bonds is 7. The van der Waals surface area contributed by atoms with Crippen molar-refractivity contribution in [2.75, 3.05) is 7.11 Å². The number of alkyl halides is 2. The van der Waals surface area contributed by atoms with Crippen LogP contribution in [-0.4, -0.2) is 28.5 Å². The zero-order valence-electron chi connectivity index (χ0n) is 13.5. The van der Waals surface area contributed by atoms with Crippen molar-refractivity contribution in [3.63, 3.8) is 0 Å². The lowest BCUT2D eigenvalue weighted by atomic mass is 10.2. The maximum atomic E-state index is 12.4. The Hall–Kier alpha value is -2.55. The van der Waals surface area contributed by atoms with Gasteiger partial charge < -0.3 is 18.5 Å². The van der Waals surface area contributed by atoms with Crippen molar-refractivity contribution in [2.45, 2.75) is 17.5 Å². The van der Waals surface area contributed by atoms with Gasteiger partial charge in [0.25, 0.3) is 0 Å². The van der Waals surface area contributed by atoms with Crippen molar-refractivity contribution in [1.82, 2.24) is 14.8 Å². The maximum Gasteiger partial charge on any atom is 0.387 e. The molecular weight excluding hydrogens is 352 g/mol. The Morgan fingerprint density at radius 2 is 2.08 bits per heavy atom. The van der Waals surface area contributed by atoms with Crippen LogP contribution in [0.25, 0.3) is 11.6 Å². The summed E-state index contributed by atoms with van der Waals surface area (Å²) in [7, 11) is 3.25. The molecule has 0 saturated carbocycles. The van der Waals surface area contributed by atoms with E-state index in [9.17, 15) is 8.78 Å². The first-order valence-corrected chi connectivity index (χ1v) is 8.25. The molecule has 0 saturated heterocycles. The molecule has 0 aliphatic heterocycles. The van der Waals surface area contributed by atoms with Gasteiger partial charge in [-0.3, -0.25) is 0 Å². The van der Waals surface area contributed by atoms with Gasteiger partial charge in [-0.15, -0.1) is 10.2 Å². The van der Waals surface area contributed by atoms with Crippen molar-refractivity contribution in [3.05, 3.63) is 42.2 Å². The van der Waals surface area contributed by atoms with Crippen LogP contribution in [0.1, 0.15) is 5.56 Å². The van der Waals surface area contributed by atoms with Gasteiger partial charge in [-0.1, -0.05) is 17.8 Å². The number of methoxy groups -OCH3 is 1. The molecular formula is C16H15F2N3O3S. The van der Waals surface area contributed by atoms with Crippen molar-refractivity contribution in [3.8, 4) is 23.1 Å². The number of benzene rings is 1. The standard InChI is InChI=1S/C16H15F2N3O3S/c1-21-14(12-4-3-7-23-12)19-20-16(21)25-9-10-5-6-11(24-15(17)18)13(8-10)22-2/h3-8,15H,9H2,1-2H3. The zero-order chi connectivity index (χ0) is 17.8. The quantitative estimate of drug-likeness (QED) is 0.589. The van der Waals surface area contributed by atoms with E-state index in [0.717, 1.165) is 5.56 Å². The molecule has 0 aliphatic carbocycles. The Morgan fingerprint density at radius 1 is 1.24 bits per heavy atom. The van der Waals surface area contributed by atoms with Gasteiger partial charge in [0.2, 0.25) is 0 Å². The van der Waals surface area contributed by atoms with E-state index in [1.165, 1.54) is 24.9 Å². The summed E-state index contributed by atoms with van der Waals surface area (Å²) in [5, 5.41) is 8.98. The molecule has 132 valence electrons. The lowest BCUT2D eigenvalue weighted by Crippen LogP contribution is -2.03. The van der Waals surface area contributed by atoms with Gasteiger partial charge in [0.15, 0.2) is 28.2 Å². The van der Waals surface area contributed by atoms with Crippen LogP contribution in [0.15, 0.2) is 46.2 Å². The minimum Gasteiger partial charge on any atom is -0.493 e. The third-order valence-corrected chi connectivity index (χ3v) is 4.48. The molecule has 0 aliphatic rings. The molecule has 1 aromatic carbocycles. The minimum absolute atomic E-state index is 0.00464. The summed E-state index contributed by atoms with van der Waals surface area (Å²) in [6, 6.07) is 8.43. The van der Waals surface area contributed by atoms with Gasteiger partial charge in [-0.2, -0.15) is 8.78 Å². The van der Waals surface area contributed by atoms with Gasteiger partial charge in [0.05, 0.1) is 13.4 Å². The Kier molecular flexibility index (Phi) is 5.22. The first kappa shape index (κ1) is 17.3. The largest absolute Gasteiger partial charge is 0.493 e. The monoisotopic (exact) mass is 367 g/mol. The van der Waals surface area contributed by atoms with Crippen LogP contribution in [-0.2, 0) is 12.8 Å². The number of hydrogen-bond donors (Lipinski definition) is 0. The average Bonchev–Trinajstić information content (AvgIpc) is 3.23. The predicted molar refractivity (Wildman–Crippen MR) is 87.9 cm³/mol. The van der Waals surface area contributed by atoms with E-state index in [1.54, 1.807) is 24.5 Å². The molecule has 2 aromatic heterocycles. The van der Waals surface area contributed by atoms with Crippen molar-refractivity contribution in [2.24, 2.45) is 7.05 Å². The summed E-state index contributed by atoms with van der Waals surface area (Å²) in [5.41, 5.74) is 0.881. The van der Waals surface area contributed by atoms with E-state index in [1.807, 2.05) is 17.7 Å². The fraction of sp³-hybridized carbons (Fsp3) is 0.250.